The molecule has 0 aliphatic carbocycles. The maximum atomic E-state index is 10.3. The number of carbonyl (C=O) groups is 1. The molecule has 0 fully saturated rings. The van der Waals surface area contributed by atoms with E-state index in [1.807, 2.05) is 6.92 Å². The minimum atomic E-state index is -0.386. The molecule has 0 unspecified atom stereocenters. The lowest BCUT2D eigenvalue weighted by molar-refractivity contribution is -0.132. The van der Waals surface area contributed by atoms with Gasteiger partial charge < -0.3 is 4.74 Å². The highest BCUT2D eigenvalue weighted by Crippen LogP contribution is 1.75. The Hall–Kier alpha value is -0.860. The van der Waals surface area contributed by atoms with Gasteiger partial charge in [0.05, 0.1) is 7.11 Å². The van der Waals surface area contributed by atoms with Gasteiger partial charge in [-0.1, -0.05) is 6.92 Å². The van der Waals surface area contributed by atoms with Crippen LogP contribution in [0.15, 0.2) is 4.99 Å². The molecule has 0 aromatic carbocycles. The Kier molecular flexibility index (Phi) is 4.78. The predicted octanol–water partition coefficient (Wildman–Crippen LogP) is 0.640. The number of aliphatic imine (C=N–C) groups is 1. The predicted molar refractivity (Wildman–Crippen MR) is 35.7 cm³/mol. The van der Waals surface area contributed by atoms with Crippen molar-refractivity contribution in [1.29, 1.82) is 0 Å². The Bertz CT molecular complexity index is 110. The first-order valence-electron chi connectivity index (χ1n) is 2.89. The SMILES string of the molecule is CCCN=CC(=O)OC. The standard InChI is InChI=1S/C6H11NO2/c1-3-4-7-5-6(8)9-2/h5H,3-4H2,1-2H3. The Labute approximate surface area is 54.7 Å². The van der Waals surface area contributed by atoms with E-state index in [9.17, 15) is 4.79 Å². The molecule has 9 heavy (non-hydrogen) atoms. The molecule has 0 spiro atoms. The van der Waals surface area contributed by atoms with Gasteiger partial charge in [0.15, 0.2) is 0 Å². The van der Waals surface area contributed by atoms with Gasteiger partial charge in [0.1, 0.15) is 6.21 Å². The molecule has 0 saturated carbocycles. The minimum Gasteiger partial charge on any atom is -0.465 e. The molecule has 0 heterocycles. The number of hydrogen-bond acceptors (Lipinski definition) is 3. The lowest BCUT2D eigenvalue weighted by atomic mass is 10.5. The fourth-order valence-electron chi connectivity index (χ4n) is 0.321. The first kappa shape index (κ1) is 8.14. The van der Waals surface area contributed by atoms with Gasteiger partial charge in [-0.05, 0) is 6.42 Å². The largest absolute Gasteiger partial charge is 0.465 e. The van der Waals surface area contributed by atoms with E-state index in [1.54, 1.807) is 0 Å². The molecule has 0 rings (SSSR count). The zero-order valence-corrected chi connectivity index (χ0v) is 5.76. The van der Waals surface area contributed by atoms with E-state index in [1.165, 1.54) is 13.3 Å². The molecule has 0 atom stereocenters. The van der Waals surface area contributed by atoms with Crippen molar-refractivity contribution < 1.29 is 9.53 Å². The summed E-state index contributed by atoms with van der Waals surface area (Å²) < 4.78 is 4.31. The summed E-state index contributed by atoms with van der Waals surface area (Å²) in [6.07, 6.45) is 2.15. The van der Waals surface area contributed by atoms with Crippen LogP contribution in [-0.4, -0.2) is 25.8 Å². The third-order valence-corrected chi connectivity index (χ3v) is 0.751. The summed E-state index contributed by atoms with van der Waals surface area (Å²) in [6.45, 7) is 2.68. The molecule has 0 aliphatic rings. The van der Waals surface area contributed by atoms with Crippen molar-refractivity contribution in [2.75, 3.05) is 13.7 Å². The van der Waals surface area contributed by atoms with Crippen molar-refractivity contribution in [3.63, 3.8) is 0 Å². The number of esters is 1. The van der Waals surface area contributed by atoms with Crippen LogP contribution in [0.4, 0.5) is 0 Å². The number of carbonyl (C=O) groups excluding carboxylic acids is 1. The van der Waals surface area contributed by atoms with Crippen LogP contribution in [-0.2, 0) is 9.53 Å². The molecular weight excluding hydrogens is 118 g/mol. The van der Waals surface area contributed by atoms with Gasteiger partial charge in [0, 0.05) is 6.54 Å². The molecule has 0 aliphatic heterocycles. The number of nitrogens with zero attached hydrogens (tertiary/aromatic N) is 1. The average Bonchev–Trinajstić information content (AvgIpc) is 1.89. The zero-order valence-electron chi connectivity index (χ0n) is 5.76. The Morgan fingerprint density at radius 3 is 2.89 bits per heavy atom. The second-order valence-corrected chi connectivity index (χ2v) is 1.56. The molecule has 3 nitrogen and oxygen atoms in total. The summed E-state index contributed by atoms with van der Waals surface area (Å²) >= 11 is 0. The molecule has 0 bridgehead atoms. The van der Waals surface area contributed by atoms with Crippen molar-refractivity contribution in [3.8, 4) is 0 Å². The maximum absolute atomic E-state index is 10.3. The van der Waals surface area contributed by atoms with Gasteiger partial charge in [0.2, 0.25) is 0 Å². The minimum absolute atomic E-state index is 0.386. The zero-order chi connectivity index (χ0) is 7.11. The first-order valence-corrected chi connectivity index (χ1v) is 2.89. The van der Waals surface area contributed by atoms with Crippen LogP contribution in [0.1, 0.15) is 13.3 Å². The molecule has 0 radical (unpaired) electrons. The normalized spacial score (nSPS) is 10.0. The number of ether oxygens (including phenoxy) is 1. The van der Waals surface area contributed by atoms with E-state index < -0.39 is 0 Å². The second kappa shape index (κ2) is 5.28. The average molecular weight is 129 g/mol. The highest BCUT2D eigenvalue weighted by molar-refractivity contribution is 6.23. The Balaban J connectivity index is 3.32. The van der Waals surface area contributed by atoms with E-state index in [0.29, 0.717) is 6.54 Å². The Morgan fingerprint density at radius 1 is 1.78 bits per heavy atom. The molecule has 0 aromatic heterocycles. The third-order valence-electron chi connectivity index (χ3n) is 0.751. The fraction of sp³-hybridized carbons (Fsp3) is 0.667. The fourth-order valence-corrected chi connectivity index (χ4v) is 0.321. The molecule has 52 valence electrons. The number of methoxy groups -OCH3 is 1. The lowest BCUT2D eigenvalue weighted by Gasteiger charge is -1.87. The van der Waals surface area contributed by atoms with Crippen LogP contribution in [0.5, 0.6) is 0 Å². The second-order valence-electron chi connectivity index (χ2n) is 1.56. The van der Waals surface area contributed by atoms with Crippen molar-refractivity contribution in [2.45, 2.75) is 13.3 Å². The summed E-state index contributed by atoms with van der Waals surface area (Å²) in [5.41, 5.74) is 0. The highest BCUT2D eigenvalue weighted by Gasteiger charge is 1.88. The summed E-state index contributed by atoms with van der Waals surface area (Å²) in [7, 11) is 1.33. The van der Waals surface area contributed by atoms with Crippen LogP contribution in [0.2, 0.25) is 0 Å². The van der Waals surface area contributed by atoms with Gasteiger partial charge in [-0.25, -0.2) is 4.79 Å². The van der Waals surface area contributed by atoms with Gasteiger partial charge in [-0.3, -0.25) is 4.99 Å². The van der Waals surface area contributed by atoms with Crippen molar-refractivity contribution >= 4 is 12.2 Å². The van der Waals surface area contributed by atoms with E-state index >= 15 is 0 Å². The van der Waals surface area contributed by atoms with E-state index in [-0.39, 0.29) is 5.97 Å². The highest BCUT2D eigenvalue weighted by atomic mass is 16.5. The van der Waals surface area contributed by atoms with Crippen LogP contribution in [0.25, 0.3) is 0 Å². The summed E-state index contributed by atoms with van der Waals surface area (Å²) in [4.78, 5) is 14.1. The molecule has 0 saturated heterocycles. The van der Waals surface area contributed by atoms with Gasteiger partial charge >= 0.3 is 5.97 Å². The van der Waals surface area contributed by atoms with Crippen LogP contribution in [0, 0.1) is 0 Å². The lowest BCUT2D eigenvalue weighted by Crippen LogP contribution is -2.01. The van der Waals surface area contributed by atoms with Gasteiger partial charge in [-0.2, -0.15) is 0 Å². The summed E-state index contributed by atoms with van der Waals surface area (Å²) in [5.74, 6) is -0.386. The Morgan fingerprint density at radius 2 is 2.44 bits per heavy atom. The van der Waals surface area contributed by atoms with E-state index in [4.69, 9.17) is 0 Å². The quantitative estimate of drug-likeness (QED) is 0.414. The summed E-state index contributed by atoms with van der Waals surface area (Å²) in [6, 6.07) is 0. The molecule has 0 aromatic rings. The number of rotatable bonds is 3. The van der Waals surface area contributed by atoms with Gasteiger partial charge in [0.25, 0.3) is 0 Å². The van der Waals surface area contributed by atoms with E-state index in [2.05, 4.69) is 9.73 Å². The van der Waals surface area contributed by atoms with Crippen molar-refractivity contribution in [1.82, 2.24) is 0 Å². The topological polar surface area (TPSA) is 38.7 Å². The van der Waals surface area contributed by atoms with Crippen LogP contribution >= 0.6 is 0 Å². The number of hydrogen-bond donors (Lipinski definition) is 0. The first-order chi connectivity index (χ1) is 4.31. The van der Waals surface area contributed by atoms with Crippen molar-refractivity contribution in [3.05, 3.63) is 0 Å². The molecular formula is C6H11NO2. The summed E-state index contributed by atoms with van der Waals surface area (Å²) in [5, 5.41) is 0. The maximum Gasteiger partial charge on any atom is 0.348 e. The van der Waals surface area contributed by atoms with Gasteiger partial charge in [-0.15, -0.1) is 0 Å². The van der Waals surface area contributed by atoms with Crippen molar-refractivity contribution in [2.24, 2.45) is 4.99 Å². The molecule has 3 heteroatoms. The molecule has 0 amide bonds. The smallest absolute Gasteiger partial charge is 0.348 e. The monoisotopic (exact) mass is 129 g/mol. The molecule has 0 N–H and O–H groups in total. The third kappa shape index (κ3) is 5.00. The van der Waals surface area contributed by atoms with Crippen LogP contribution in [0.3, 0.4) is 0 Å². The van der Waals surface area contributed by atoms with Crippen LogP contribution < -0.4 is 0 Å². The van der Waals surface area contributed by atoms with E-state index in [0.717, 1.165) is 6.42 Å².